The minimum absolute atomic E-state index is 0.202. The number of nitrogens with one attached hydrogen (secondary N) is 1. The molecule has 0 unspecified atom stereocenters. The number of esters is 1. The molecule has 120 valence electrons. The van der Waals surface area contributed by atoms with E-state index >= 15 is 0 Å². The number of methoxy groups -OCH3 is 1. The van der Waals surface area contributed by atoms with Crippen molar-refractivity contribution in [1.29, 1.82) is 0 Å². The summed E-state index contributed by atoms with van der Waals surface area (Å²) >= 11 is 4.81. The van der Waals surface area contributed by atoms with Crippen molar-refractivity contribution in [2.75, 3.05) is 25.6 Å². The van der Waals surface area contributed by atoms with Gasteiger partial charge >= 0.3 is 5.97 Å². The largest absolute Gasteiger partial charge is 0.465 e. The molecule has 0 bridgehead atoms. The molecule has 1 rings (SSSR count). The Morgan fingerprint density at radius 2 is 2.05 bits per heavy atom. The summed E-state index contributed by atoms with van der Waals surface area (Å²) in [6.45, 7) is 12.4. The van der Waals surface area contributed by atoms with Gasteiger partial charge in [-0.3, -0.25) is 0 Å². The Labute approximate surface area is 140 Å². The maximum Gasteiger partial charge on any atom is 0.350 e. The highest BCUT2D eigenvalue weighted by Crippen LogP contribution is 2.36. The molecule has 1 N–H and O–H groups in total. The fourth-order valence-electron chi connectivity index (χ4n) is 1.44. The summed E-state index contributed by atoms with van der Waals surface area (Å²) in [6, 6.07) is 0. The van der Waals surface area contributed by atoms with Crippen LogP contribution < -0.4 is 5.32 Å². The molecule has 0 aliphatic rings. The van der Waals surface area contributed by atoms with Crippen LogP contribution >= 0.6 is 27.3 Å². The third-order valence-electron chi connectivity index (χ3n) is 3.79. The van der Waals surface area contributed by atoms with Crippen LogP contribution in [0.25, 0.3) is 0 Å². The molecule has 0 radical (unpaired) electrons. The van der Waals surface area contributed by atoms with E-state index in [1.165, 1.54) is 18.4 Å². The zero-order valence-corrected chi connectivity index (χ0v) is 16.9. The Balaban J connectivity index is 2.58. The molecule has 1 aromatic heterocycles. The number of rotatable bonds is 6. The summed E-state index contributed by atoms with van der Waals surface area (Å²) in [6.07, 6.45) is 0. The van der Waals surface area contributed by atoms with Crippen LogP contribution in [0.1, 0.15) is 30.4 Å². The number of hydrogen-bond acceptors (Lipinski definition) is 5. The number of carbonyl (C=O) groups excluding carboxylic acids is 1. The van der Waals surface area contributed by atoms with Crippen molar-refractivity contribution in [3.63, 3.8) is 0 Å². The van der Waals surface area contributed by atoms with Crippen LogP contribution in [0.2, 0.25) is 18.1 Å². The number of thiophene rings is 1. The van der Waals surface area contributed by atoms with Crippen LogP contribution in [0.3, 0.4) is 0 Å². The molecule has 21 heavy (non-hydrogen) atoms. The van der Waals surface area contributed by atoms with Crippen LogP contribution in [0, 0.1) is 0 Å². The molecule has 0 aliphatic heterocycles. The third kappa shape index (κ3) is 4.80. The standard InChI is InChI=1S/C14H24BrNO3SSi/c1-14(2,3)21(5,6)19-8-7-16-11-10(15)9-20-12(11)13(17)18-4/h9,16H,7-8H2,1-6H3. The van der Waals surface area contributed by atoms with Crippen LogP contribution in [-0.4, -0.2) is 34.5 Å². The molecule has 1 aromatic rings. The zero-order valence-electron chi connectivity index (χ0n) is 13.5. The van der Waals surface area contributed by atoms with Gasteiger partial charge in [0.25, 0.3) is 0 Å². The minimum atomic E-state index is -1.72. The first-order valence-electron chi connectivity index (χ1n) is 6.83. The van der Waals surface area contributed by atoms with Crippen molar-refractivity contribution >= 4 is 47.2 Å². The summed E-state index contributed by atoms with van der Waals surface area (Å²) in [5.74, 6) is -0.321. The Hall–Kier alpha value is -0.373. The Kier molecular flexibility index (Phi) is 6.46. The number of ether oxygens (including phenoxy) is 1. The lowest BCUT2D eigenvalue weighted by Crippen LogP contribution is -2.41. The summed E-state index contributed by atoms with van der Waals surface area (Å²) in [4.78, 5) is 12.3. The normalized spacial score (nSPS) is 12.3. The zero-order chi connectivity index (χ0) is 16.3. The second-order valence-corrected chi connectivity index (χ2v) is 12.9. The molecular formula is C14H24BrNO3SSi. The third-order valence-corrected chi connectivity index (χ3v) is 10.2. The second-order valence-electron chi connectivity index (χ2n) is 6.31. The number of halogens is 1. The maximum absolute atomic E-state index is 11.7. The lowest BCUT2D eigenvalue weighted by atomic mass is 10.2. The Bertz CT molecular complexity index is 497. The van der Waals surface area contributed by atoms with E-state index in [4.69, 9.17) is 9.16 Å². The van der Waals surface area contributed by atoms with Gasteiger partial charge in [0.15, 0.2) is 8.32 Å². The number of carbonyl (C=O) groups is 1. The van der Waals surface area contributed by atoms with E-state index in [0.717, 1.165) is 10.2 Å². The van der Waals surface area contributed by atoms with E-state index < -0.39 is 8.32 Å². The summed E-state index contributed by atoms with van der Waals surface area (Å²) < 4.78 is 11.8. The van der Waals surface area contributed by atoms with E-state index in [2.05, 4.69) is 55.1 Å². The smallest absolute Gasteiger partial charge is 0.350 e. The van der Waals surface area contributed by atoms with Crippen LogP contribution in [-0.2, 0) is 9.16 Å². The van der Waals surface area contributed by atoms with Crippen LogP contribution in [0.5, 0.6) is 0 Å². The molecule has 7 heteroatoms. The molecule has 1 heterocycles. The van der Waals surface area contributed by atoms with Crippen LogP contribution in [0.15, 0.2) is 9.85 Å². The molecule has 0 atom stereocenters. The van der Waals surface area contributed by atoms with Gasteiger partial charge in [0.2, 0.25) is 0 Å². The molecule has 0 saturated heterocycles. The topological polar surface area (TPSA) is 47.6 Å². The van der Waals surface area contributed by atoms with Gasteiger partial charge in [-0.25, -0.2) is 4.79 Å². The predicted molar refractivity (Wildman–Crippen MR) is 95.0 cm³/mol. The van der Waals surface area contributed by atoms with Crippen molar-refractivity contribution in [2.45, 2.75) is 38.9 Å². The summed E-state index contributed by atoms with van der Waals surface area (Å²) in [7, 11) is -0.334. The number of anilines is 1. The second kappa shape index (κ2) is 7.26. The van der Waals surface area contributed by atoms with Gasteiger partial charge < -0.3 is 14.5 Å². The summed E-state index contributed by atoms with van der Waals surface area (Å²) in [5.41, 5.74) is 0.783. The predicted octanol–water partition coefficient (Wildman–Crippen LogP) is 4.73. The first-order chi connectivity index (χ1) is 9.60. The number of hydrogen-bond donors (Lipinski definition) is 1. The van der Waals surface area contributed by atoms with Gasteiger partial charge in [-0.05, 0) is 34.1 Å². The SMILES string of the molecule is COC(=O)c1scc(Br)c1NCCO[Si](C)(C)C(C)(C)C. The van der Waals surface area contributed by atoms with Crippen LogP contribution in [0.4, 0.5) is 5.69 Å². The van der Waals surface area contributed by atoms with Gasteiger partial charge in [-0.15, -0.1) is 11.3 Å². The lowest BCUT2D eigenvalue weighted by Gasteiger charge is -2.36. The van der Waals surface area contributed by atoms with Crippen molar-refractivity contribution < 1.29 is 14.0 Å². The van der Waals surface area contributed by atoms with Crippen molar-refractivity contribution in [2.24, 2.45) is 0 Å². The highest BCUT2D eigenvalue weighted by Gasteiger charge is 2.36. The molecule has 0 fully saturated rings. The van der Waals surface area contributed by atoms with Crippen molar-refractivity contribution in [3.8, 4) is 0 Å². The molecule has 4 nitrogen and oxygen atoms in total. The molecule has 0 spiro atoms. The fourth-order valence-corrected chi connectivity index (χ4v) is 4.06. The van der Waals surface area contributed by atoms with E-state index in [1.54, 1.807) is 0 Å². The highest BCUT2D eigenvalue weighted by atomic mass is 79.9. The lowest BCUT2D eigenvalue weighted by molar-refractivity contribution is 0.0607. The molecule has 0 saturated carbocycles. The Morgan fingerprint density at radius 3 is 2.57 bits per heavy atom. The quantitative estimate of drug-likeness (QED) is 0.431. The van der Waals surface area contributed by atoms with Gasteiger partial charge in [0.05, 0.1) is 23.9 Å². The average molecular weight is 394 g/mol. The fraction of sp³-hybridized carbons (Fsp3) is 0.643. The molecular weight excluding hydrogens is 370 g/mol. The average Bonchev–Trinajstić information content (AvgIpc) is 2.74. The monoisotopic (exact) mass is 393 g/mol. The van der Waals surface area contributed by atoms with Crippen molar-refractivity contribution in [3.05, 3.63) is 14.7 Å². The van der Waals surface area contributed by atoms with E-state index in [-0.39, 0.29) is 11.0 Å². The maximum atomic E-state index is 11.7. The molecule has 0 amide bonds. The van der Waals surface area contributed by atoms with E-state index in [0.29, 0.717) is 18.0 Å². The first kappa shape index (κ1) is 18.7. The van der Waals surface area contributed by atoms with Gasteiger partial charge in [-0.1, -0.05) is 20.8 Å². The van der Waals surface area contributed by atoms with E-state index in [9.17, 15) is 4.79 Å². The first-order valence-corrected chi connectivity index (χ1v) is 11.4. The van der Waals surface area contributed by atoms with Gasteiger partial charge in [0.1, 0.15) is 4.88 Å². The van der Waals surface area contributed by atoms with Gasteiger partial charge in [-0.2, -0.15) is 0 Å². The van der Waals surface area contributed by atoms with E-state index in [1.807, 2.05) is 5.38 Å². The molecule has 0 aromatic carbocycles. The minimum Gasteiger partial charge on any atom is -0.465 e. The van der Waals surface area contributed by atoms with Gasteiger partial charge in [0, 0.05) is 11.9 Å². The summed E-state index contributed by atoms with van der Waals surface area (Å²) in [5, 5.41) is 5.34. The highest BCUT2D eigenvalue weighted by molar-refractivity contribution is 9.10. The molecule has 0 aliphatic carbocycles. The Morgan fingerprint density at radius 1 is 1.43 bits per heavy atom. The van der Waals surface area contributed by atoms with Crippen molar-refractivity contribution in [1.82, 2.24) is 0 Å².